The van der Waals surface area contributed by atoms with Crippen LogP contribution in [0.4, 0.5) is 0 Å². The standard InChI is InChI=1S/C16H13NO4/c1-20-16-8-10(6-7-13(16)18)15-9-12(17-19)11-4-2-3-5-14(11)21-15/h2-9,18-19H,1H3/b17-12+. The molecule has 0 saturated heterocycles. The van der Waals surface area contributed by atoms with E-state index in [9.17, 15) is 10.3 Å². The van der Waals surface area contributed by atoms with Crippen LogP contribution in [0.15, 0.2) is 58.1 Å². The van der Waals surface area contributed by atoms with Gasteiger partial charge in [0.2, 0.25) is 0 Å². The van der Waals surface area contributed by atoms with E-state index in [1.807, 2.05) is 18.2 Å². The number of ether oxygens (including phenoxy) is 1. The molecular formula is C16H13NO4. The number of nitrogens with zero attached hydrogens (tertiary/aromatic N) is 1. The van der Waals surface area contributed by atoms with Crippen molar-refractivity contribution in [3.63, 3.8) is 0 Å². The topological polar surface area (TPSA) is 75.2 Å². The van der Waals surface area contributed by atoms with Gasteiger partial charge in [0.05, 0.1) is 7.11 Å². The maximum atomic E-state index is 9.64. The van der Waals surface area contributed by atoms with Gasteiger partial charge in [-0.2, -0.15) is 0 Å². The minimum Gasteiger partial charge on any atom is -0.504 e. The molecule has 3 rings (SSSR count). The van der Waals surface area contributed by atoms with Crippen LogP contribution in [0.3, 0.4) is 0 Å². The van der Waals surface area contributed by atoms with Crippen LogP contribution in [0.1, 0.15) is 0 Å². The molecule has 0 aliphatic carbocycles. The second kappa shape index (κ2) is 5.20. The molecule has 21 heavy (non-hydrogen) atoms. The molecule has 0 bridgehead atoms. The predicted octanol–water partition coefficient (Wildman–Crippen LogP) is 3.10. The molecule has 0 saturated carbocycles. The summed E-state index contributed by atoms with van der Waals surface area (Å²) in [6.45, 7) is 0. The van der Waals surface area contributed by atoms with Gasteiger partial charge >= 0.3 is 0 Å². The van der Waals surface area contributed by atoms with E-state index in [0.29, 0.717) is 28.0 Å². The first-order valence-electron chi connectivity index (χ1n) is 6.31. The lowest BCUT2D eigenvalue weighted by Gasteiger charge is -2.07. The predicted molar refractivity (Wildman–Crippen MR) is 77.2 cm³/mol. The number of aromatic hydroxyl groups is 1. The van der Waals surface area contributed by atoms with Crippen LogP contribution in [0.5, 0.6) is 11.5 Å². The van der Waals surface area contributed by atoms with Gasteiger partial charge in [-0.3, -0.25) is 0 Å². The summed E-state index contributed by atoms with van der Waals surface area (Å²) in [5.41, 5.74) is 1.31. The Morgan fingerprint density at radius 1 is 1.10 bits per heavy atom. The molecule has 106 valence electrons. The van der Waals surface area contributed by atoms with E-state index in [1.165, 1.54) is 13.2 Å². The van der Waals surface area contributed by atoms with Crippen molar-refractivity contribution in [1.29, 1.82) is 0 Å². The van der Waals surface area contributed by atoms with E-state index >= 15 is 0 Å². The van der Waals surface area contributed by atoms with Crippen molar-refractivity contribution in [1.82, 2.24) is 0 Å². The van der Waals surface area contributed by atoms with Crippen molar-refractivity contribution in [3.05, 3.63) is 53.9 Å². The van der Waals surface area contributed by atoms with Crippen molar-refractivity contribution in [2.24, 2.45) is 5.16 Å². The van der Waals surface area contributed by atoms with Crippen molar-refractivity contribution in [2.45, 2.75) is 0 Å². The molecule has 0 amide bonds. The average Bonchev–Trinajstić information content (AvgIpc) is 2.54. The summed E-state index contributed by atoms with van der Waals surface area (Å²) >= 11 is 0. The highest BCUT2D eigenvalue weighted by atomic mass is 16.5. The molecule has 0 fully saturated rings. The number of fused-ring (bicyclic) bond motifs is 1. The van der Waals surface area contributed by atoms with Gasteiger partial charge < -0.3 is 19.5 Å². The monoisotopic (exact) mass is 283 g/mol. The average molecular weight is 283 g/mol. The molecule has 5 heteroatoms. The number of hydrogen-bond acceptors (Lipinski definition) is 5. The summed E-state index contributed by atoms with van der Waals surface area (Å²) < 4.78 is 10.9. The zero-order chi connectivity index (χ0) is 14.8. The van der Waals surface area contributed by atoms with Crippen LogP contribution in [-0.4, -0.2) is 17.4 Å². The lowest BCUT2D eigenvalue weighted by atomic mass is 10.1. The molecule has 2 N–H and O–H groups in total. The molecule has 2 aromatic carbocycles. The smallest absolute Gasteiger partial charge is 0.161 e. The van der Waals surface area contributed by atoms with Crippen molar-refractivity contribution < 1.29 is 19.5 Å². The molecule has 5 nitrogen and oxygen atoms in total. The van der Waals surface area contributed by atoms with Crippen LogP contribution in [0.25, 0.3) is 22.3 Å². The van der Waals surface area contributed by atoms with Gasteiger partial charge in [0.1, 0.15) is 16.7 Å². The lowest BCUT2D eigenvalue weighted by molar-refractivity contribution is 0.302. The third-order valence-electron chi connectivity index (χ3n) is 3.22. The molecular weight excluding hydrogens is 270 g/mol. The zero-order valence-corrected chi connectivity index (χ0v) is 11.3. The number of hydrogen-bond donors (Lipinski definition) is 2. The quantitative estimate of drug-likeness (QED) is 0.559. The molecule has 0 aliphatic rings. The summed E-state index contributed by atoms with van der Waals surface area (Å²) in [5, 5.41) is 23.2. The highest BCUT2D eigenvalue weighted by molar-refractivity contribution is 5.78. The number of rotatable bonds is 2. The molecule has 0 aliphatic heterocycles. The van der Waals surface area contributed by atoms with Gasteiger partial charge in [0, 0.05) is 17.0 Å². The largest absolute Gasteiger partial charge is 0.504 e. The summed E-state index contributed by atoms with van der Waals surface area (Å²) in [7, 11) is 1.48. The molecule has 0 spiro atoms. The Morgan fingerprint density at radius 2 is 1.90 bits per heavy atom. The minimum atomic E-state index is 0.0501. The number of methoxy groups -OCH3 is 1. The Hall–Kier alpha value is -2.95. The fourth-order valence-corrected chi connectivity index (χ4v) is 2.17. The third-order valence-corrected chi connectivity index (χ3v) is 3.22. The molecule has 3 aromatic rings. The summed E-state index contributed by atoms with van der Waals surface area (Å²) in [5.74, 6) is 0.909. The number of phenols is 1. The van der Waals surface area contributed by atoms with Crippen LogP contribution in [-0.2, 0) is 0 Å². The Bertz CT molecular complexity index is 868. The highest BCUT2D eigenvalue weighted by Gasteiger charge is 2.09. The maximum Gasteiger partial charge on any atom is 0.161 e. The Morgan fingerprint density at radius 3 is 2.67 bits per heavy atom. The van der Waals surface area contributed by atoms with E-state index in [1.54, 1.807) is 24.3 Å². The van der Waals surface area contributed by atoms with Crippen molar-refractivity contribution in [3.8, 4) is 22.8 Å². The minimum absolute atomic E-state index is 0.0501. The van der Waals surface area contributed by atoms with Gasteiger partial charge in [-0.15, -0.1) is 0 Å². The van der Waals surface area contributed by atoms with Gasteiger partial charge in [-0.25, -0.2) is 0 Å². The van der Waals surface area contributed by atoms with E-state index < -0.39 is 0 Å². The second-order valence-corrected chi connectivity index (χ2v) is 4.48. The molecule has 0 radical (unpaired) electrons. The summed E-state index contributed by atoms with van der Waals surface area (Å²) in [6, 6.07) is 13.8. The molecule has 0 atom stereocenters. The summed E-state index contributed by atoms with van der Waals surface area (Å²) in [4.78, 5) is 0. The molecule has 0 unspecified atom stereocenters. The number of phenolic OH excluding ortho intramolecular Hbond substituents is 1. The third kappa shape index (κ3) is 2.29. The molecule has 1 heterocycles. The lowest BCUT2D eigenvalue weighted by Crippen LogP contribution is -2.03. The number of benzene rings is 2. The fourth-order valence-electron chi connectivity index (χ4n) is 2.17. The highest BCUT2D eigenvalue weighted by Crippen LogP contribution is 2.31. The fraction of sp³-hybridized carbons (Fsp3) is 0.0625. The van der Waals surface area contributed by atoms with E-state index in [0.717, 1.165) is 5.39 Å². The van der Waals surface area contributed by atoms with Gasteiger partial charge in [-0.1, -0.05) is 17.3 Å². The van der Waals surface area contributed by atoms with Crippen LogP contribution in [0, 0.1) is 0 Å². The number of para-hydroxylation sites is 1. The van der Waals surface area contributed by atoms with Crippen LogP contribution in [0.2, 0.25) is 0 Å². The van der Waals surface area contributed by atoms with Crippen molar-refractivity contribution >= 4 is 11.0 Å². The Labute approximate surface area is 120 Å². The SMILES string of the molecule is COc1cc(-c2c/c(=N\O)c3ccccc3o2)ccc1O. The van der Waals surface area contributed by atoms with Crippen LogP contribution >= 0.6 is 0 Å². The second-order valence-electron chi connectivity index (χ2n) is 4.48. The van der Waals surface area contributed by atoms with Gasteiger partial charge in [0.15, 0.2) is 11.5 Å². The van der Waals surface area contributed by atoms with Gasteiger partial charge in [-0.05, 0) is 30.3 Å². The molecule has 1 aromatic heterocycles. The summed E-state index contributed by atoms with van der Waals surface area (Å²) in [6.07, 6.45) is 0. The van der Waals surface area contributed by atoms with Crippen molar-refractivity contribution in [2.75, 3.05) is 7.11 Å². The maximum absolute atomic E-state index is 9.64. The Balaban J connectivity index is 2.26. The first kappa shape index (κ1) is 13.1. The van der Waals surface area contributed by atoms with E-state index in [-0.39, 0.29) is 5.75 Å². The Kier molecular flexibility index (Phi) is 3.23. The first-order valence-corrected chi connectivity index (χ1v) is 6.31. The first-order chi connectivity index (χ1) is 10.2. The van der Waals surface area contributed by atoms with E-state index in [2.05, 4.69) is 5.16 Å². The zero-order valence-electron chi connectivity index (χ0n) is 11.3. The van der Waals surface area contributed by atoms with Crippen LogP contribution < -0.4 is 10.1 Å². The van der Waals surface area contributed by atoms with E-state index in [4.69, 9.17) is 9.15 Å². The van der Waals surface area contributed by atoms with Gasteiger partial charge in [0.25, 0.3) is 0 Å². The normalized spacial score (nSPS) is 11.8.